The van der Waals surface area contributed by atoms with Crippen LogP contribution in [0.3, 0.4) is 0 Å². The second kappa shape index (κ2) is 10.2. The van der Waals surface area contributed by atoms with Crippen LogP contribution < -0.4 is 0 Å². The number of pyridine rings is 2. The summed E-state index contributed by atoms with van der Waals surface area (Å²) in [7, 11) is 0. The van der Waals surface area contributed by atoms with E-state index in [9.17, 15) is 9.90 Å². The average Bonchev–Trinajstić information content (AvgIpc) is 2.88. The first-order valence-electron chi connectivity index (χ1n) is 11.8. The van der Waals surface area contributed by atoms with Crippen molar-refractivity contribution in [1.82, 2.24) is 19.8 Å². The first-order valence-corrected chi connectivity index (χ1v) is 11.8. The van der Waals surface area contributed by atoms with Gasteiger partial charge in [0.2, 0.25) is 0 Å². The highest BCUT2D eigenvalue weighted by molar-refractivity contribution is 5.94. The maximum Gasteiger partial charge on any atom is 0.254 e. The third kappa shape index (κ3) is 4.58. The van der Waals surface area contributed by atoms with Crippen molar-refractivity contribution in [1.29, 1.82) is 0 Å². The summed E-state index contributed by atoms with van der Waals surface area (Å²) in [5, 5.41) is 10.2. The minimum Gasteiger partial charge on any atom is -0.395 e. The Kier molecular flexibility index (Phi) is 6.66. The molecular formula is C28H28N4O2. The van der Waals surface area contributed by atoms with Gasteiger partial charge in [0.1, 0.15) is 5.69 Å². The molecule has 2 aliphatic rings. The van der Waals surface area contributed by atoms with E-state index in [-0.39, 0.29) is 30.5 Å². The summed E-state index contributed by atoms with van der Waals surface area (Å²) in [6.07, 6.45) is 7.04. The molecule has 3 atom stereocenters. The molecule has 2 fully saturated rings. The van der Waals surface area contributed by atoms with Gasteiger partial charge >= 0.3 is 0 Å². The van der Waals surface area contributed by atoms with E-state index in [1.165, 1.54) is 5.56 Å². The fraction of sp³-hybridized carbons (Fsp3) is 0.321. The molecule has 0 unspecified atom stereocenters. The van der Waals surface area contributed by atoms with Crippen LogP contribution >= 0.6 is 0 Å². The molecule has 4 heterocycles. The summed E-state index contributed by atoms with van der Waals surface area (Å²) in [5.74, 6) is 6.49. The number of rotatable bonds is 3. The minimum absolute atomic E-state index is 0.0515. The topological polar surface area (TPSA) is 69.6 Å². The normalized spacial score (nSPS) is 22.4. The van der Waals surface area contributed by atoms with Gasteiger partial charge in [0.05, 0.1) is 6.61 Å². The average molecular weight is 453 g/mol. The number of hydrogen-bond acceptors (Lipinski definition) is 5. The minimum atomic E-state index is 0.0515. The molecule has 172 valence electrons. The molecule has 0 radical (unpaired) electrons. The number of hydrogen-bond donors (Lipinski definition) is 1. The molecular weight excluding hydrogens is 424 g/mol. The van der Waals surface area contributed by atoms with Gasteiger partial charge in [-0.25, -0.2) is 4.98 Å². The lowest BCUT2D eigenvalue weighted by Crippen LogP contribution is -2.67. The highest BCUT2D eigenvalue weighted by atomic mass is 16.3. The number of fused-ring (bicyclic) bond motifs is 1. The second-order valence-electron chi connectivity index (χ2n) is 8.86. The number of aliphatic hydroxyl groups excluding tert-OH is 1. The quantitative estimate of drug-likeness (QED) is 0.619. The molecule has 0 aliphatic carbocycles. The monoisotopic (exact) mass is 452 g/mol. The smallest absolute Gasteiger partial charge is 0.254 e. The van der Waals surface area contributed by atoms with Crippen LogP contribution in [0.25, 0.3) is 0 Å². The molecule has 0 bridgehead atoms. The van der Waals surface area contributed by atoms with Crippen LogP contribution in [0, 0.1) is 11.8 Å². The molecule has 1 N–H and O–H groups in total. The Labute approximate surface area is 200 Å². The zero-order chi connectivity index (χ0) is 23.3. The third-order valence-corrected chi connectivity index (χ3v) is 6.88. The Bertz CT molecular complexity index is 1170. The number of carbonyl (C=O) groups excluding carboxylic acids is 1. The van der Waals surface area contributed by atoms with Crippen LogP contribution in [0.15, 0.2) is 73.2 Å². The van der Waals surface area contributed by atoms with Crippen molar-refractivity contribution in [2.75, 3.05) is 26.2 Å². The van der Waals surface area contributed by atoms with E-state index < -0.39 is 0 Å². The fourth-order valence-electron chi connectivity index (χ4n) is 5.16. The van der Waals surface area contributed by atoms with Crippen molar-refractivity contribution in [3.05, 3.63) is 95.6 Å². The Morgan fingerprint density at radius 2 is 1.76 bits per heavy atom. The van der Waals surface area contributed by atoms with Gasteiger partial charge in [-0.15, -0.1) is 0 Å². The first-order chi connectivity index (χ1) is 16.7. The van der Waals surface area contributed by atoms with E-state index in [1.807, 2.05) is 35.2 Å². The number of amides is 1. The number of aromatic nitrogens is 2. The molecule has 2 saturated heterocycles. The molecule has 34 heavy (non-hydrogen) atoms. The van der Waals surface area contributed by atoms with Crippen molar-refractivity contribution in [3.63, 3.8) is 0 Å². The van der Waals surface area contributed by atoms with E-state index >= 15 is 0 Å². The van der Waals surface area contributed by atoms with Crippen LogP contribution in [0.4, 0.5) is 0 Å². The Balaban J connectivity index is 1.35. The van der Waals surface area contributed by atoms with Gasteiger partial charge < -0.3 is 10.0 Å². The third-order valence-electron chi connectivity index (χ3n) is 6.88. The van der Waals surface area contributed by atoms with E-state index in [0.717, 1.165) is 37.2 Å². The maximum absolute atomic E-state index is 13.2. The molecule has 0 spiro atoms. The Hall–Kier alpha value is -3.53. The standard InChI is InChI=1S/C28H28N4O2/c33-20-26-27(22-9-6-21(7-10-22)8-11-24-5-1-2-14-30-24)25-19-31(17-3-4-18-32(25)26)28(34)23-12-15-29-16-13-23/h1-2,5-7,9-10,12-16,25-27,33H,3-4,17-20H2/t25-,26-,27+/m1/s1. The van der Waals surface area contributed by atoms with Crippen LogP contribution in [0.1, 0.15) is 45.9 Å². The summed E-state index contributed by atoms with van der Waals surface area (Å²) < 4.78 is 0. The summed E-state index contributed by atoms with van der Waals surface area (Å²) in [6, 6.07) is 17.8. The van der Waals surface area contributed by atoms with Gasteiger partial charge in [-0.05, 0) is 67.3 Å². The van der Waals surface area contributed by atoms with Crippen LogP contribution in [-0.4, -0.2) is 69.1 Å². The van der Waals surface area contributed by atoms with Gasteiger partial charge in [-0.2, -0.15) is 0 Å². The summed E-state index contributed by atoms with van der Waals surface area (Å²) >= 11 is 0. The maximum atomic E-state index is 13.2. The zero-order valence-electron chi connectivity index (χ0n) is 19.0. The van der Waals surface area contributed by atoms with Gasteiger partial charge in [-0.3, -0.25) is 14.7 Å². The number of nitrogens with zero attached hydrogens (tertiary/aromatic N) is 4. The lowest BCUT2D eigenvalue weighted by molar-refractivity contribution is -0.0606. The van der Waals surface area contributed by atoms with E-state index in [0.29, 0.717) is 12.1 Å². The van der Waals surface area contributed by atoms with Crippen molar-refractivity contribution in [2.45, 2.75) is 30.8 Å². The summed E-state index contributed by atoms with van der Waals surface area (Å²) in [5.41, 5.74) is 3.53. The molecule has 1 amide bonds. The van der Waals surface area contributed by atoms with E-state index in [2.05, 4.69) is 38.8 Å². The number of carbonyl (C=O) groups is 1. The molecule has 0 saturated carbocycles. The van der Waals surface area contributed by atoms with Gasteiger partial charge in [-0.1, -0.05) is 24.1 Å². The Morgan fingerprint density at radius 1 is 0.971 bits per heavy atom. The second-order valence-corrected chi connectivity index (χ2v) is 8.86. The highest BCUT2D eigenvalue weighted by Crippen LogP contribution is 2.42. The van der Waals surface area contributed by atoms with Crippen molar-refractivity contribution in [2.24, 2.45) is 0 Å². The van der Waals surface area contributed by atoms with Gasteiger partial charge in [0.25, 0.3) is 5.91 Å². The van der Waals surface area contributed by atoms with Gasteiger partial charge in [0, 0.05) is 60.8 Å². The number of benzene rings is 1. The predicted octanol–water partition coefficient (Wildman–Crippen LogP) is 2.94. The fourth-order valence-corrected chi connectivity index (χ4v) is 5.16. The SMILES string of the molecule is O=C(c1ccncc1)N1CCCCN2[C@H](CO)[C@@H](c3ccc(C#Cc4ccccn4)cc3)[C@H]2C1. The molecule has 5 rings (SSSR count). The lowest BCUT2D eigenvalue weighted by Gasteiger charge is -2.57. The van der Waals surface area contributed by atoms with Gasteiger partial charge in [0.15, 0.2) is 0 Å². The molecule has 2 aromatic heterocycles. The lowest BCUT2D eigenvalue weighted by atomic mass is 9.74. The summed E-state index contributed by atoms with van der Waals surface area (Å²) in [4.78, 5) is 25.8. The summed E-state index contributed by atoms with van der Waals surface area (Å²) in [6.45, 7) is 2.48. The van der Waals surface area contributed by atoms with Crippen LogP contribution in [0.2, 0.25) is 0 Å². The van der Waals surface area contributed by atoms with Crippen LogP contribution in [-0.2, 0) is 0 Å². The molecule has 1 aromatic carbocycles. The van der Waals surface area contributed by atoms with Crippen molar-refractivity contribution in [3.8, 4) is 11.8 Å². The van der Waals surface area contributed by atoms with E-state index in [1.54, 1.807) is 30.7 Å². The first kappa shape index (κ1) is 22.3. The molecule has 6 heteroatoms. The van der Waals surface area contributed by atoms with Crippen molar-refractivity contribution >= 4 is 5.91 Å². The zero-order valence-corrected chi connectivity index (χ0v) is 19.0. The molecule has 2 aliphatic heterocycles. The Morgan fingerprint density at radius 3 is 2.50 bits per heavy atom. The van der Waals surface area contributed by atoms with Crippen LogP contribution in [0.5, 0.6) is 0 Å². The molecule has 6 nitrogen and oxygen atoms in total. The number of aliphatic hydroxyl groups is 1. The van der Waals surface area contributed by atoms with E-state index in [4.69, 9.17) is 0 Å². The molecule has 3 aromatic rings. The predicted molar refractivity (Wildman–Crippen MR) is 130 cm³/mol. The highest BCUT2D eigenvalue weighted by Gasteiger charge is 2.49. The largest absolute Gasteiger partial charge is 0.395 e. The van der Waals surface area contributed by atoms with Crippen molar-refractivity contribution < 1.29 is 9.90 Å².